The van der Waals surface area contributed by atoms with E-state index in [1.165, 1.54) is 35.7 Å². The Morgan fingerprint density at radius 1 is 1.04 bits per heavy atom. The van der Waals surface area contributed by atoms with Crippen LogP contribution in [0.4, 0.5) is 0 Å². The number of pyridine rings is 1. The van der Waals surface area contributed by atoms with Gasteiger partial charge >= 0.3 is 0 Å². The normalized spacial score (nSPS) is 11.5. The summed E-state index contributed by atoms with van der Waals surface area (Å²) < 4.78 is 5.71. The number of hydrogen-bond donors (Lipinski definition) is 1. The van der Waals surface area contributed by atoms with Crippen LogP contribution in [-0.2, 0) is 19.4 Å². The second kappa shape index (κ2) is 9.62. The molecular formula is C25H25NO2. The van der Waals surface area contributed by atoms with E-state index in [2.05, 4.69) is 41.9 Å². The van der Waals surface area contributed by atoms with Gasteiger partial charge in [-0.15, -0.1) is 5.92 Å². The fourth-order valence-corrected chi connectivity index (χ4v) is 3.15. The number of nitrogens with zero attached hydrogens (tertiary/aromatic N) is 1. The van der Waals surface area contributed by atoms with Crippen molar-refractivity contribution in [1.82, 2.24) is 4.98 Å². The Morgan fingerprint density at radius 2 is 1.86 bits per heavy atom. The number of hydrogen-bond acceptors (Lipinski definition) is 3. The van der Waals surface area contributed by atoms with E-state index in [-0.39, 0.29) is 5.75 Å². The number of ether oxygens (including phenoxy) is 1. The lowest BCUT2D eigenvalue weighted by Crippen LogP contribution is -1.98. The van der Waals surface area contributed by atoms with Crippen LogP contribution in [0.2, 0.25) is 0 Å². The van der Waals surface area contributed by atoms with Gasteiger partial charge in [0, 0.05) is 5.56 Å². The zero-order valence-corrected chi connectivity index (χ0v) is 16.4. The standard InChI is InChI=1S/C15H15NO2.C10H10/c17-14-6-5-13(16-9-14)10-18-15-7-4-11-2-1-3-12(11)8-15;1-3-6-10-8-5-4-7-9(10)2/h4-9,17H,1-3,10H2;4-5,7-8H,1-2H3. The Hall–Kier alpha value is -3.25. The Kier molecular flexibility index (Phi) is 6.70. The van der Waals surface area contributed by atoms with Crippen molar-refractivity contribution < 1.29 is 9.84 Å². The number of aromatic hydroxyl groups is 1. The van der Waals surface area contributed by atoms with Crippen molar-refractivity contribution in [2.24, 2.45) is 0 Å². The summed E-state index contributed by atoms with van der Waals surface area (Å²) in [7, 11) is 0. The molecule has 0 spiro atoms. The minimum atomic E-state index is 0.177. The SMILES string of the molecule is CC#Cc1ccccc1C.Oc1ccc(COc2ccc3c(c2)CCC3)nc1. The third kappa shape index (κ3) is 5.37. The Morgan fingerprint density at radius 3 is 2.61 bits per heavy atom. The van der Waals surface area contributed by atoms with Crippen molar-refractivity contribution >= 4 is 0 Å². The summed E-state index contributed by atoms with van der Waals surface area (Å²) >= 11 is 0. The Balaban J connectivity index is 0.000000192. The van der Waals surface area contributed by atoms with Gasteiger partial charge in [0.05, 0.1) is 11.9 Å². The van der Waals surface area contributed by atoms with Gasteiger partial charge in [-0.3, -0.25) is 4.98 Å². The zero-order chi connectivity index (χ0) is 19.8. The molecule has 3 heteroatoms. The molecule has 0 amide bonds. The largest absolute Gasteiger partial charge is 0.506 e. The quantitative estimate of drug-likeness (QED) is 0.642. The van der Waals surface area contributed by atoms with Gasteiger partial charge in [0.2, 0.25) is 0 Å². The highest BCUT2D eigenvalue weighted by Crippen LogP contribution is 2.26. The molecule has 142 valence electrons. The molecule has 0 unspecified atom stereocenters. The fraction of sp³-hybridized carbons (Fsp3) is 0.240. The summed E-state index contributed by atoms with van der Waals surface area (Å²) in [5, 5.41) is 9.14. The number of aryl methyl sites for hydroxylation is 3. The van der Waals surface area contributed by atoms with E-state index in [0.29, 0.717) is 6.61 Å². The molecular weight excluding hydrogens is 346 g/mol. The monoisotopic (exact) mass is 371 g/mol. The molecule has 28 heavy (non-hydrogen) atoms. The molecule has 3 aromatic rings. The summed E-state index contributed by atoms with van der Waals surface area (Å²) in [5.74, 6) is 6.97. The van der Waals surface area contributed by atoms with E-state index in [0.717, 1.165) is 23.4 Å². The average molecular weight is 371 g/mol. The molecule has 1 N–H and O–H groups in total. The van der Waals surface area contributed by atoms with Crippen LogP contribution in [0.15, 0.2) is 60.8 Å². The second-order valence-corrected chi connectivity index (χ2v) is 6.77. The van der Waals surface area contributed by atoms with Crippen LogP contribution < -0.4 is 4.74 Å². The van der Waals surface area contributed by atoms with E-state index >= 15 is 0 Å². The summed E-state index contributed by atoms with van der Waals surface area (Å²) in [5.41, 5.74) is 6.05. The van der Waals surface area contributed by atoms with Crippen LogP contribution in [-0.4, -0.2) is 10.1 Å². The number of fused-ring (bicyclic) bond motifs is 1. The third-order valence-corrected chi connectivity index (χ3v) is 4.67. The minimum Gasteiger partial charge on any atom is -0.506 e. The van der Waals surface area contributed by atoms with Gasteiger partial charge in [-0.2, -0.15) is 0 Å². The van der Waals surface area contributed by atoms with E-state index in [1.807, 2.05) is 31.2 Å². The van der Waals surface area contributed by atoms with Gasteiger partial charge in [-0.25, -0.2) is 0 Å². The van der Waals surface area contributed by atoms with Crippen molar-refractivity contribution in [2.75, 3.05) is 0 Å². The van der Waals surface area contributed by atoms with Crippen molar-refractivity contribution in [2.45, 2.75) is 39.7 Å². The predicted octanol–water partition coefficient (Wildman–Crippen LogP) is 5.22. The van der Waals surface area contributed by atoms with Crippen LogP contribution in [0.25, 0.3) is 0 Å². The predicted molar refractivity (Wildman–Crippen MR) is 112 cm³/mol. The van der Waals surface area contributed by atoms with E-state index < -0.39 is 0 Å². The highest BCUT2D eigenvalue weighted by atomic mass is 16.5. The summed E-state index contributed by atoms with van der Waals surface area (Å²) in [6, 6.07) is 17.8. The van der Waals surface area contributed by atoms with Crippen LogP contribution in [0.5, 0.6) is 11.5 Å². The molecule has 0 radical (unpaired) electrons. The first-order valence-electron chi connectivity index (χ1n) is 9.52. The first kappa shape index (κ1) is 19.5. The van der Waals surface area contributed by atoms with Gasteiger partial charge in [0.15, 0.2) is 0 Å². The molecule has 1 heterocycles. The maximum atomic E-state index is 9.14. The molecule has 1 aliphatic carbocycles. The molecule has 4 rings (SSSR count). The fourth-order valence-electron chi connectivity index (χ4n) is 3.15. The van der Waals surface area contributed by atoms with Crippen LogP contribution in [0.1, 0.15) is 41.3 Å². The van der Waals surface area contributed by atoms with Gasteiger partial charge in [0.25, 0.3) is 0 Å². The molecule has 3 nitrogen and oxygen atoms in total. The molecule has 0 aliphatic heterocycles. The molecule has 0 saturated heterocycles. The summed E-state index contributed by atoms with van der Waals surface area (Å²) in [4.78, 5) is 4.09. The molecule has 1 aromatic heterocycles. The van der Waals surface area contributed by atoms with Gasteiger partial charge in [-0.1, -0.05) is 30.2 Å². The van der Waals surface area contributed by atoms with E-state index in [1.54, 1.807) is 12.1 Å². The number of rotatable bonds is 3. The highest BCUT2D eigenvalue weighted by molar-refractivity contribution is 5.40. The van der Waals surface area contributed by atoms with Crippen molar-refractivity contribution in [3.05, 3.63) is 88.7 Å². The molecule has 2 aromatic carbocycles. The Bertz CT molecular complexity index is 981. The van der Waals surface area contributed by atoms with E-state index in [4.69, 9.17) is 9.84 Å². The van der Waals surface area contributed by atoms with Gasteiger partial charge < -0.3 is 9.84 Å². The lowest BCUT2D eigenvalue weighted by molar-refractivity contribution is 0.300. The van der Waals surface area contributed by atoms with Crippen molar-refractivity contribution in [1.29, 1.82) is 0 Å². The first-order chi connectivity index (χ1) is 13.7. The zero-order valence-electron chi connectivity index (χ0n) is 16.4. The summed E-state index contributed by atoms with van der Waals surface area (Å²) in [6.45, 7) is 4.35. The lowest BCUT2D eigenvalue weighted by atomic mass is 10.1. The molecule has 0 fully saturated rings. The molecule has 0 saturated carbocycles. The molecule has 0 atom stereocenters. The lowest BCUT2D eigenvalue weighted by Gasteiger charge is -2.07. The highest BCUT2D eigenvalue weighted by Gasteiger charge is 2.11. The van der Waals surface area contributed by atoms with Crippen molar-refractivity contribution in [3.8, 4) is 23.3 Å². The number of aromatic nitrogens is 1. The van der Waals surface area contributed by atoms with Crippen LogP contribution >= 0.6 is 0 Å². The first-order valence-corrected chi connectivity index (χ1v) is 9.52. The van der Waals surface area contributed by atoms with Crippen molar-refractivity contribution in [3.63, 3.8) is 0 Å². The smallest absolute Gasteiger partial charge is 0.133 e. The topological polar surface area (TPSA) is 42.4 Å². The average Bonchev–Trinajstić information content (AvgIpc) is 3.18. The van der Waals surface area contributed by atoms with Crippen LogP contribution in [0, 0.1) is 18.8 Å². The minimum absolute atomic E-state index is 0.177. The maximum absolute atomic E-state index is 9.14. The second-order valence-electron chi connectivity index (χ2n) is 6.77. The third-order valence-electron chi connectivity index (χ3n) is 4.67. The summed E-state index contributed by atoms with van der Waals surface area (Å²) in [6.07, 6.45) is 5.03. The Labute approximate surface area is 167 Å². The molecule has 0 bridgehead atoms. The van der Waals surface area contributed by atoms with Gasteiger partial charge in [-0.05, 0) is 80.1 Å². The number of benzene rings is 2. The van der Waals surface area contributed by atoms with E-state index in [9.17, 15) is 0 Å². The maximum Gasteiger partial charge on any atom is 0.133 e. The van der Waals surface area contributed by atoms with Gasteiger partial charge in [0.1, 0.15) is 18.1 Å². The van der Waals surface area contributed by atoms with Crippen LogP contribution in [0.3, 0.4) is 0 Å². The molecule has 1 aliphatic rings.